The van der Waals surface area contributed by atoms with Gasteiger partial charge >= 0.3 is 7.68 Å². The van der Waals surface area contributed by atoms with Crippen molar-refractivity contribution in [2.45, 2.75) is 31.8 Å². The van der Waals surface area contributed by atoms with Crippen LogP contribution in [-0.2, 0) is 9.13 Å². The first-order valence-corrected chi connectivity index (χ1v) is 4.36. The van der Waals surface area contributed by atoms with Crippen LogP contribution in [0.5, 0.6) is 0 Å². The molecule has 0 fully saturated rings. The van der Waals surface area contributed by atoms with Crippen LogP contribution in [0.1, 0.15) is 26.7 Å². The third-order valence-electron chi connectivity index (χ3n) is 1.73. The monoisotopic (exact) mass is 159 g/mol. The maximum Gasteiger partial charge on any atom is 0.336 e. The van der Waals surface area contributed by atoms with Gasteiger partial charge in [0.25, 0.3) is 0 Å². The van der Waals surface area contributed by atoms with Gasteiger partial charge in [0, 0.05) is 0 Å². The van der Waals surface area contributed by atoms with E-state index in [1.165, 1.54) is 0 Å². The van der Waals surface area contributed by atoms with Gasteiger partial charge in [-0.25, -0.2) is 9.13 Å². The Morgan fingerprint density at radius 1 is 1.40 bits per heavy atom. The number of rotatable bonds is 3. The molecule has 0 radical (unpaired) electrons. The lowest BCUT2D eigenvalue weighted by Crippen LogP contribution is -2.16. The zero-order valence-electron chi connectivity index (χ0n) is 6.13. The van der Waals surface area contributed by atoms with Crippen molar-refractivity contribution in [2.24, 2.45) is 0 Å². The lowest BCUT2D eigenvalue weighted by atomic mass is 10.1. The van der Waals surface area contributed by atoms with Crippen LogP contribution in [0.25, 0.3) is 0 Å². The van der Waals surface area contributed by atoms with Crippen LogP contribution in [0.15, 0.2) is 0 Å². The molecule has 0 bridgehead atoms. The van der Waals surface area contributed by atoms with Gasteiger partial charge in [-0.2, -0.15) is 5.26 Å². The van der Waals surface area contributed by atoms with Gasteiger partial charge in [-0.1, -0.05) is 13.8 Å². The number of nitriles is 1. The van der Waals surface area contributed by atoms with Crippen molar-refractivity contribution in [3.05, 3.63) is 0 Å². The van der Waals surface area contributed by atoms with E-state index in [1.54, 1.807) is 13.8 Å². The zero-order valence-corrected chi connectivity index (χ0v) is 7.02. The summed E-state index contributed by atoms with van der Waals surface area (Å²) in [4.78, 5) is 0. The summed E-state index contributed by atoms with van der Waals surface area (Å²) in [5, 5.41) is 7.40. The molecule has 0 N–H and O–H groups in total. The molecular formula is C6H10NO2P. The summed E-state index contributed by atoms with van der Waals surface area (Å²) < 4.78 is 21.1. The Morgan fingerprint density at radius 3 is 1.80 bits per heavy atom. The first-order chi connectivity index (χ1) is 4.63. The Morgan fingerprint density at radius 2 is 1.80 bits per heavy atom. The molecule has 0 rings (SSSR count). The van der Waals surface area contributed by atoms with Crippen LogP contribution in [0.2, 0.25) is 0 Å². The van der Waals surface area contributed by atoms with Crippen molar-refractivity contribution in [3.63, 3.8) is 0 Å². The lowest BCUT2D eigenvalue weighted by molar-refractivity contribution is 0.481. The molecule has 0 atom stereocenters. The van der Waals surface area contributed by atoms with E-state index in [0.29, 0.717) is 12.8 Å². The molecule has 0 unspecified atom stereocenters. The van der Waals surface area contributed by atoms with E-state index in [0.717, 1.165) is 0 Å². The Hall–Kier alpha value is -0.610. The van der Waals surface area contributed by atoms with Crippen LogP contribution in [-0.4, -0.2) is 5.16 Å². The Bertz CT molecular complexity index is 202. The summed E-state index contributed by atoms with van der Waals surface area (Å²) >= 11 is 0. The summed E-state index contributed by atoms with van der Waals surface area (Å²) in [6.45, 7) is 3.41. The molecule has 0 heterocycles. The van der Waals surface area contributed by atoms with E-state index in [9.17, 15) is 9.13 Å². The van der Waals surface area contributed by atoms with E-state index in [4.69, 9.17) is 5.26 Å². The molecule has 3 nitrogen and oxygen atoms in total. The topological polar surface area (TPSA) is 57.9 Å². The van der Waals surface area contributed by atoms with E-state index in [-0.39, 0.29) is 0 Å². The second kappa shape index (κ2) is 3.53. The normalized spacial score (nSPS) is 10.5. The smallest absolute Gasteiger partial charge is 0.236 e. The van der Waals surface area contributed by atoms with Gasteiger partial charge in [-0.05, 0) is 12.8 Å². The first kappa shape index (κ1) is 9.39. The quantitative estimate of drug-likeness (QED) is 0.593. The van der Waals surface area contributed by atoms with Gasteiger partial charge in [-0.15, -0.1) is 0 Å². The van der Waals surface area contributed by atoms with Crippen molar-refractivity contribution < 1.29 is 9.13 Å². The van der Waals surface area contributed by atoms with Crippen LogP contribution < -0.4 is 0 Å². The van der Waals surface area contributed by atoms with Crippen LogP contribution in [0, 0.1) is 11.3 Å². The third-order valence-corrected chi connectivity index (χ3v) is 3.16. The molecule has 0 aliphatic heterocycles. The van der Waals surface area contributed by atoms with Crippen LogP contribution in [0.4, 0.5) is 0 Å². The SMILES string of the molecule is CCC(C#N)(CC)P(=O)=O. The Labute approximate surface area is 60.9 Å². The number of nitrogens with zero attached hydrogens (tertiary/aromatic N) is 1. The van der Waals surface area contributed by atoms with Crippen molar-refractivity contribution in [2.75, 3.05) is 0 Å². The Kier molecular flexibility index (Phi) is 3.32. The molecule has 0 spiro atoms. The maximum absolute atomic E-state index is 10.5. The van der Waals surface area contributed by atoms with Crippen molar-refractivity contribution in [3.8, 4) is 6.07 Å². The second-order valence-corrected chi connectivity index (χ2v) is 3.48. The molecule has 0 aromatic carbocycles. The Balaban J connectivity index is 4.70. The summed E-state index contributed by atoms with van der Waals surface area (Å²) in [5.74, 6) is 0. The van der Waals surface area contributed by atoms with E-state index in [1.807, 2.05) is 6.07 Å². The van der Waals surface area contributed by atoms with Gasteiger partial charge in [0.15, 0.2) is 5.16 Å². The number of hydrogen-bond donors (Lipinski definition) is 0. The molecule has 0 amide bonds. The minimum absolute atomic E-state index is 0.374. The van der Waals surface area contributed by atoms with E-state index < -0.39 is 12.8 Å². The molecule has 0 aromatic heterocycles. The molecule has 4 heteroatoms. The van der Waals surface area contributed by atoms with E-state index >= 15 is 0 Å². The molecule has 0 saturated carbocycles. The van der Waals surface area contributed by atoms with Crippen LogP contribution in [0.3, 0.4) is 0 Å². The van der Waals surface area contributed by atoms with Gasteiger partial charge in [0.05, 0.1) is 6.07 Å². The van der Waals surface area contributed by atoms with Gasteiger partial charge < -0.3 is 0 Å². The third kappa shape index (κ3) is 1.46. The predicted molar refractivity (Wildman–Crippen MR) is 37.2 cm³/mol. The minimum atomic E-state index is -2.61. The summed E-state index contributed by atoms with van der Waals surface area (Å²) in [6, 6.07) is 1.82. The molecule has 10 heavy (non-hydrogen) atoms. The molecule has 0 aromatic rings. The average molecular weight is 159 g/mol. The largest absolute Gasteiger partial charge is 0.336 e. The van der Waals surface area contributed by atoms with Gasteiger partial charge in [0.1, 0.15) is 0 Å². The second-order valence-electron chi connectivity index (χ2n) is 2.11. The summed E-state index contributed by atoms with van der Waals surface area (Å²) in [6.07, 6.45) is 0.747. The van der Waals surface area contributed by atoms with Crippen molar-refractivity contribution in [1.82, 2.24) is 0 Å². The standard InChI is InChI=1S/C6H10NO2P/c1-3-6(4-2,5-7)10(8)9/h3-4H2,1-2H3. The molecular weight excluding hydrogens is 149 g/mol. The highest BCUT2D eigenvalue weighted by molar-refractivity contribution is 7.33. The summed E-state index contributed by atoms with van der Waals surface area (Å²) in [5.41, 5.74) is 0. The minimum Gasteiger partial charge on any atom is -0.236 e. The lowest BCUT2D eigenvalue weighted by Gasteiger charge is -2.11. The fraction of sp³-hybridized carbons (Fsp3) is 0.833. The van der Waals surface area contributed by atoms with E-state index in [2.05, 4.69) is 0 Å². The van der Waals surface area contributed by atoms with Crippen molar-refractivity contribution >= 4 is 7.68 Å². The fourth-order valence-electron chi connectivity index (χ4n) is 0.707. The fourth-order valence-corrected chi connectivity index (χ4v) is 1.31. The molecule has 0 aliphatic carbocycles. The highest BCUT2D eigenvalue weighted by atomic mass is 31.1. The highest BCUT2D eigenvalue weighted by Gasteiger charge is 2.32. The zero-order chi connectivity index (χ0) is 8.20. The molecule has 56 valence electrons. The van der Waals surface area contributed by atoms with Crippen LogP contribution >= 0.6 is 7.68 Å². The highest BCUT2D eigenvalue weighted by Crippen LogP contribution is 2.34. The predicted octanol–water partition coefficient (Wildman–Crippen LogP) is 2.24. The molecule has 0 aliphatic rings. The maximum atomic E-state index is 10.5. The summed E-state index contributed by atoms with van der Waals surface area (Å²) in [7, 11) is -2.61. The average Bonchev–Trinajstić information content (AvgIpc) is 1.92. The number of hydrogen-bond acceptors (Lipinski definition) is 3. The molecule has 0 saturated heterocycles. The van der Waals surface area contributed by atoms with Gasteiger partial charge in [0.2, 0.25) is 0 Å². The first-order valence-electron chi connectivity index (χ1n) is 3.18. The van der Waals surface area contributed by atoms with Crippen molar-refractivity contribution in [1.29, 1.82) is 5.26 Å². The van der Waals surface area contributed by atoms with Gasteiger partial charge in [-0.3, -0.25) is 0 Å².